The average Bonchev–Trinajstić information content (AvgIpc) is 2.42. The Morgan fingerprint density at radius 2 is 1.50 bits per heavy atom. The number of aliphatic imine (C=N–C) groups is 1. The summed E-state index contributed by atoms with van der Waals surface area (Å²) < 4.78 is 0. The quantitative estimate of drug-likeness (QED) is 0.589. The van der Waals surface area contributed by atoms with E-state index < -0.39 is 0 Å². The molecule has 0 saturated heterocycles. The Morgan fingerprint density at radius 3 is 2.05 bits per heavy atom. The van der Waals surface area contributed by atoms with Gasteiger partial charge < -0.3 is 0 Å². The molecule has 0 amide bonds. The summed E-state index contributed by atoms with van der Waals surface area (Å²) >= 11 is 0. The lowest BCUT2D eigenvalue weighted by molar-refractivity contribution is 0.106. The van der Waals surface area contributed by atoms with Crippen LogP contribution in [0, 0.1) is 20.8 Å². The molecule has 0 aromatic heterocycles. The van der Waals surface area contributed by atoms with Crippen LogP contribution in [0.15, 0.2) is 47.5 Å². The van der Waals surface area contributed by atoms with Crippen LogP contribution in [0.4, 0.5) is 5.69 Å². The van der Waals surface area contributed by atoms with Gasteiger partial charge in [-0.1, -0.05) is 48.0 Å². The molecule has 0 atom stereocenters. The molecule has 0 heterocycles. The lowest BCUT2D eigenvalue weighted by Crippen LogP contribution is -2.10. The summed E-state index contributed by atoms with van der Waals surface area (Å²) in [6, 6.07) is 13.4. The molecule has 2 heteroatoms. The number of Topliss-reactive ketones (excluding diaryl/α,β-unsaturated/α-hetero) is 1. The van der Waals surface area contributed by atoms with E-state index in [1.165, 1.54) is 5.56 Å². The van der Waals surface area contributed by atoms with Gasteiger partial charge in [-0.15, -0.1) is 0 Å². The van der Waals surface area contributed by atoms with E-state index in [4.69, 9.17) is 0 Å². The molecule has 0 aliphatic rings. The van der Waals surface area contributed by atoms with Crippen LogP contribution in [0.2, 0.25) is 0 Å². The van der Waals surface area contributed by atoms with Crippen molar-refractivity contribution in [2.24, 2.45) is 4.99 Å². The minimum absolute atomic E-state index is 0.0232. The summed E-state index contributed by atoms with van der Waals surface area (Å²) in [7, 11) is 0. The van der Waals surface area contributed by atoms with Gasteiger partial charge in [-0.3, -0.25) is 4.79 Å². The molecule has 0 N–H and O–H groups in total. The van der Waals surface area contributed by atoms with Gasteiger partial charge in [0.05, 0.1) is 11.4 Å². The number of rotatable bonds is 3. The molecule has 2 aromatic rings. The van der Waals surface area contributed by atoms with Gasteiger partial charge in [0.2, 0.25) is 5.78 Å². The first-order chi connectivity index (χ1) is 9.49. The number of nitrogens with zero attached hydrogens (tertiary/aromatic N) is 1. The summed E-state index contributed by atoms with van der Waals surface area (Å²) in [5.74, 6) is -0.0232. The summed E-state index contributed by atoms with van der Waals surface area (Å²) in [4.78, 5) is 16.9. The normalized spacial score (nSPS) is 11.5. The maximum absolute atomic E-state index is 12.3. The predicted octanol–water partition coefficient (Wildman–Crippen LogP) is 4.59. The second kappa shape index (κ2) is 5.83. The van der Waals surface area contributed by atoms with E-state index >= 15 is 0 Å². The molecule has 2 nitrogen and oxygen atoms in total. The molecular formula is C18H19NO. The number of benzene rings is 2. The van der Waals surface area contributed by atoms with Gasteiger partial charge in [0.1, 0.15) is 0 Å². The van der Waals surface area contributed by atoms with E-state index in [1.807, 2.05) is 44.2 Å². The Bertz CT molecular complexity index is 646. The van der Waals surface area contributed by atoms with Crippen molar-refractivity contribution in [1.29, 1.82) is 0 Å². The van der Waals surface area contributed by atoms with E-state index in [0.717, 1.165) is 16.8 Å². The van der Waals surface area contributed by atoms with Gasteiger partial charge in [0.15, 0.2) is 0 Å². The highest BCUT2D eigenvalue weighted by Crippen LogP contribution is 2.25. The Labute approximate surface area is 120 Å². The first kappa shape index (κ1) is 14.2. The number of hydrogen-bond donors (Lipinski definition) is 0. The van der Waals surface area contributed by atoms with Crippen LogP contribution >= 0.6 is 0 Å². The third-order valence-corrected chi connectivity index (χ3v) is 3.28. The first-order valence-corrected chi connectivity index (χ1v) is 6.72. The zero-order valence-electron chi connectivity index (χ0n) is 12.4. The van der Waals surface area contributed by atoms with Crippen molar-refractivity contribution in [3.8, 4) is 0 Å². The number of carbonyl (C=O) groups is 1. The minimum Gasteiger partial charge on any atom is -0.287 e. The van der Waals surface area contributed by atoms with Crippen LogP contribution in [-0.4, -0.2) is 11.5 Å². The highest BCUT2D eigenvalue weighted by molar-refractivity contribution is 6.45. The molecule has 0 bridgehead atoms. The molecule has 0 unspecified atom stereocenters. The van der Waals surface area contributed by atoms with Crippen molar-refractivity contribution in [2.45, 2.75) is 27.7 Å². The van der Waals surface area contributed by atoms with Crippen molar-refractivity contribution >= 4 is 17.2 Å². The van der Waals surface area contributed by atoms with Crippen LogP contribution in [-0.2, 0) is 0 Å². The smallest absolute Gasteiger partial charge is 0.206 e. The Kier molecular flexibility index (Phi) is 4.14. The molecule has 20 heavy (non-hydrogen) atoms. The van der Waals surface area contributed by atoms with Gasteiger partial charge in [-0.05, 0) is 38.8 Å². The van der Waals surface area contributed by atoms with E-state index in [2.05, 4.69) is 24.0 Å². The van der Waals surface area contributed by atoms with E-state index in [-0.39, 0.29) is 5.78 Å². The summed E-state index contributed by atoms with van der Waals surface area (Å²) in [6.07, 6.45) is 0. The van der Waals surface area contributed by atoms with Crippen LogP contribution in [0.25, 0.3) is 0 Å². The van der Waals surface area contributed by atoms with Gasteiger partial charge in [0.25, 0.3) is 0 Å². The molecule has 0 fully saturated rings. The summed E-state index contributed by atoms with van der Waals surface area (Å²) in [5.41, 5.74) is 5.51. The van der Waals surface area contributed by atoms with Crippen molar-refractivity contribution < 1.29 is 4.79 Å². The van der Waals surface area contributed by atoms with Gasteiger partial charge in [-0.2, -0.15) is 0 Å². The molecule has 0 radical (unpaired) electrons. The number of ketones is 1. The zero-order valence-corrected chi connectivity index (χ0v) is 12.4. The molecule has 0 aliphatic carbocycles. The second-order valence-electron chi connectivity index (χ2n) is 5.14. The summed E-state index contributed by atoms with van der Waals surface area (Å²) in [6.45, 7) is 7.89. The number of aryl methyl sites for hydroxylation is 3. The average molecular weight is 265 g/mol. The second-order valence-corrected chi connectivity index (χ2v) is 5.14. The van der Waals surface area contributed by atoms with E-state index in [0.29, 0.717) is 11.3 Å². The lowest BCUT2D eigenvalue weighted by atomic mass is 10.0. The molecule has 0 aliphatic heterocycles. The zero-order chi connectivity index (χ0) is 14.7. The monoisotopic (exact) mass is 265 g/mol. The van der Waals surface area contributed by atoms with Crippen molar-refractivity contribution in [2.75, 3.05) is 0 Å². The molecule has 102 valence electrons. The fourth-order valence-electron chi connectivity index (χ4n) is 2.37. The maximum atomic E-state index is 12.3. The largest absolute Gasteiger partial charge is 0.287 e. The molecule has 2 rings (SSSR count). The van der Waals surface area contributed by atoms with Crippen LogP contribution in [0.3, 0.4) is 0 Å². The Morgan fingerprint density at radius 1 is 0.950 bits per heavy atom. The fourth-order valence-corrected chi connectivity index (χ4v) is 2.37. The maximum Gasteiger partial charge on any atom is 0.206 e. The van der Waals surface area contributed by atoms with E-state index in [1.54, 1.807) is 6.92 Å². The number of carbonyl (C=O) groups excluding carboxylic acids is 1. The molecule has 0 spiro atoms. The predicted molar refractivity (Wildman–Crippen MR) is 84.2 cm³/mol. The molecule has 2 aromatic carbocycles. The van der Waals surface area contributed by atoms with Crippen molar-refractivity contribution in [3.05, 3.63) is 64.7 Å². The highest BCUT2D eigenvalue weighted by Gasteiger charge is 2.10. The third-order valence-electron chi connectivity index (χ3n) is 3.28. The van der Waals surface area contributed by atoms with Crippen LogP contribution < -0.4 is 0 Å². The van der Waals surface area contributed by atoms with Gasteiger partial charge in [0, 0.05) is 5.56 Å². The first-order valence-electron chi connectivity index (χ1n) is 6.72. The molecular weight excluding hydrogens is 246 g/mol. The Hall–Kier alpha value is -2.22. The number of hydrogen-bond acceptors (Lipinski definition) is 2. The SMILES string of the molecule is CC(=Nc1c(C)cc(C)cc1C)C(=O)c1ccccc1. The van der Waals surface area contributed by atoms with Crippen molar-refractivity contribution in [1.82, 2.24) is 0 Å². The molecule has 0 saturated carbocycles. The lowest BCUT2D eigenvalue weighted by Gasteiger charge is -2.08. The van der Waals surface area contributed by atoms with Gasteiger partial charge >= 0.3 is 0 Å². The standard InChI is InChI=1S/C18H19NO/c1-12-10-13(2)17(14(3)11-12)19-15(4)18(20)16-8-6-5-7-9-16/h5-11H,1-4H3. The third kappa shape index (κ3) is 3.02. The van der Waals surface area contributed by atoms with Crippen LogP contribution in [0.5, 0.6) is 0 Å². The fraction of sp³-hybridized carbons (Fsp3) is 0.222. The van der Waals surface area contributed by atoms with Crippen LogP contribution in [0.1, 0.15) is 34.0 Å². The van der Waals surface area contributed by atoms with E-state index in [9.17, 15) is 4.79 Å². The van der Waals surface area contributed by atoms with Crippen molar-refractivity contribution in [3.63, 3.8) is 0 Å². The topological polar surface area (TPSA) is 29.4 Å². The highest BCUT2D eigenvalue weighted by atomic mass is 16.1. The Balaban J connectivity index is 2.39. The minimum atomic E-state index is -0.0232. The summed E-state index contributed by atoms with van der Waals surface area (Å²) in [5, 5.41) is 0. The van der Waals surface area contributed by atoms with Gasteiger partial charge in [-0.25, -0.2) is 4.99 Å².